The van der Waals surface area contributed by atoms with Gasteiger partial charge in [0.25, 0.3) is 0 Å². The largest absolute Gasteiger partial charge is 0.492 e. The van der Waals surface area contributed by atoms with Crippen molar-refractivity contribution in [3.63, 3.8) is 0 Å². The highest BCUT2D eigenvalue weighted by atomic mass is 35.5. The molecule has 5 rings (SSSR count). The Hall–Kier alpha value is -2.69. The first-order valence-electron chi connectivity index (χ1n) is 10.8. The van der Waals surface area contributed by atoms with Crippen LogP contribution in [0.15, 0.2) is 54.6 Å². The quantitative estimate of drug-likeness (QED) is 0.497. The maximum atomic E-state index is 12.9. The van der Waals surface area contributed by atoms with E-state index in [0.29, 0.717) is 42.2 Å². The molecule has 0 radical (unpaired) electrons. The minimum atomic E-state index is 0.115. The molecule has 2 aliphatic heterocycles. The van der Waals surface area contributed by atoms with Crippen LogP contribution in [0.5, 0.6) is 5.75 Å². The molecule has 31 heavy (non-hydrogen) atoms. The lowest BCUT2D eigenvalue weighted by Gasteiger charge is -2.17. The van der Waals surface area contributed by atoms with Gasteiger partial charge in [-0.15, -0.1) is 0 Å². The number of hydrogen-bond acceptors (Lipinski definition) is 4. The minimum absolute atomic E-state index is 0.115. The molecule has 3 aromatic rings. The van der Waals surface area contributed by atoms with E-state index in [1.165, 1.54) is 5.56 Å². The van der Waals surface area contributed by atoms with Crippen molar-refractivity contribution < 1.29 is 14.3 Å². The molecule has 0 spiro atoms. The Balaban J connectivity index is 1.25. The zero-order valence-corrected chi connectivity index (χ0v) is 18.0. The summed E-state index contributed by atoms with van der Waals surface area (Å²) in [5.74, 6) is 1.30. The summed E-state index contributed by atoms with van der Waals surface area (Å²) in [5.41, 5.74) is 2.55. The third-order valence-corrected chi connectivity index (χ3v) is 6.76. The van der Waals surface area contributed by atoms with Crippen LogP contribution in [0.2, 0.25) is 5.02 Å². The number of likely N-dealkylation sites (tertiary alicyclic amines) is 1. The number of rotatable bonds is 5. The Labute approximate surface area is 186 Å². The molecule has 2 heterocycles. The minimum Gasteiger partial charge on any atom is -0.492 e. The molecule has 4 nitrogen and oxygen atoms in total. The second-order valence-electron chi connectivity index (χ2n) is 8.41. The highest BCUT2D eigenvalue weighted by Gasteiger charge is 2.25. The molecule has 0 aromatic heterocycles. The van der Waals surface area contributed by atoms with Gasteiger partial charge < -0.3 is 9.64 Å². The fraction of sp³-hybridized carbons (Fsp3) is 0.308. The molecule has 0 aliphatic carbocycles. The van der Waals surface area contributed by atoms with E-state index < -0.39 is 0 Å². The van der Waals surface area contributed by atoms with Crippen molar-refractivity contribution in [3.05, 3.63) is 76.3 Å². The van der Waals surface area contributed by atoms with E-state index >= 15 is 0 Å². The van der Waals surface area contributed by atoms with Crippen LogP contribution in [0.25, 0.3) is 10.8 Å². The number of benzene rings is 3. The van der Waals surface area contributed by atoms with E-state index in [1.54, 1.807) is 0 Å². The smallest absolute Gasteiger partial charge is 0.170 e. The van der Waals surface area contributed by atoms with Crippen LogP contribution in [-0.2, 0) is 0 Å². The Bertz CT molecular complexity index is 1170. The molecule has 0 N–H and O–H groups in total. The van der Waals surface area contributed by atoms with Crippen LogP contribution in [-0.4, -0.2) is 42.7 Å². The summed E-state index contributed by atoms with van der Waals surface area (Å²) >= 11 is 6.36. The van der Waals surface area contributed by atoms with Crippen molar-refractivity contribution >= 4 is 33.9 Å². The number of ketones is 2. The lowest BCUT2D eigenvalue weighted by molar-refractivity contribution is 0.0931. The molecule has 3 aromatic carbocycles. The first kappa shape index (κ1) is 20.2. The topological polar surface area (TPSA) is 46.6 Å². The average molecular weight is 434 g/mol. The third kappa shape index (κ3) is 4.10. The van der Waals surface area contributed by atoms with Crippen molar-refractivity contribution in [2.45, 2.75) is 25.2 Å². The fourth-order valence-corrected chi connectivity index (χ4v) is 4.97. The second-order valence-corrected chi connectivity index (χ2v) is 8.82. The van der Waals surface area contributed by atoms with Gasteiger partial charge in [-0.2, -0.15) is 0 Å². The van der Waals surface area contributed by atoms with Crippen molar-refractivity contribution in [3.8, 4) is 5.75 Å². The molecule has 1 atom stereocenters. The van der Waals surface area contributed by atoms with E-state index in [9.17, 15) is 9.59 Å². The third-order valence-electron chi connectivity index (χ3n) is 6.42. The van der Waals surface area contributed by atoms with Crippen LogP contribution in [0.4, 0.5) is 0 Å². The molecule has 5 heteroatoms. The number of hydrogen-bond donors (Lipinski definition) is 0. The maximum Gasteiger partial charge on any atom is 0.170 e. The van der Waals surface area contributed by atoms with Gasteiger partial charge in [0.2, 0.25) is 0 Å². The SMILES string of the molecule is O=C(CCN1CCC(c2ccccc2Cl)C1)c1ccc2cc3c(cc2c1)OCCC3=O. The molecule has 0 bridgehead atoms. The Morgan fingerprint density at radius 3 is 2.84 bits per heavy atom. The van der Waals surface area contributed by atoms with Gasteiger partial charge in [0.05, 0.1) is 12.2 Å². The van der Waals surface area contributed by atoms with Gasteiger partial charge in [0.15, 0.2) is 11.6 Å². The van der Waals surface area contributed by atoms with Gasteiger partial charge >= 0.3 is 0 Å². The molecular weight excluding hydrogens is 410 g/mol. The summed E-state index contributed by atoms with van der Waals surface area (Å²) in [6.45, 7) is 3.09. The standard InChI is InChI=1S/C26H24ClNO3/c27-23-4-2-1-3-21(23)19-7-10-28(16-19)11-8-24(29)18-6-5-17-14-22-25(30)9-12-31-26(22)15-20(17)13-18/h1-6,13-15,19H,7-12,16H2. The van der Waals surface area contributed by atoms with Crippen LogP contribution in [0.3, 0.4) is 0 Å². The van der Waals surface area contributed by atoms with E-state index in [0.717, 1.165) is 41.9 Å². The molecule has 1 saturated heterocycles. The van der Waals surface area contributed by atoms with Gasteiger partial charge in [0, 0.05) is 36.5 Å². The number of Topliss-reactive ketones (excluding diaryl/α,β-unsaturated/α-hetero) is 2. The predicted octanol–water partition coefficient (Wildman–Crippen LogP) is 5.52. The lowest BCUT2D eigenvalue weighted by atomic mass is 9.97. The van der Waals surface area contributed by atoms with Gasteiger partial charge in [0.1, 0.15) is 5.75 Å². The number of ether oxygens (including phenoxy) is 1. The first-order valence-corrected chi connectivity index (χ1v) is 11.2. The van der Waals surface area contributed by atoms with E-state index in [4.69, 9.17) is 16.3 Å². The summed E-state index contributed by atoms with van der Waals surface area (Å²) in [4.78, 5) is 27.3. The summed E-state index contributed by atoms with van der Waals surface area (Å²) < 4.78 is 5.65. The lowest BCUT2D eigenvalue weighted by Crippen LogP contribution is -2.23. The summed E-state index contributed by atoms with van der Waals surface area (Å²) in [6.07, 6.45) is 1.97. The van der Waals surface area contributed by atoms with Crippen LogP contribution < -0.4 is 4.74 Å². The number of carbonyl (C=O) groups is 2. The highest BCUT2D eigenvalue weighted by Crippen LogP contribution is 2.33. The van der Waals surface area contributed by atoms with Crippen molar-refractivity contribution in [1.82, 2.24) is 4.90 Å². The molecule has 158 valence electrons. The van der Waals surface area contributed by atoms with Crippen LogP contribution in [0.1, 0.15) is 51.5 Å². The molecule has 2 aliphatic rings. The normalized spacial score (nSPS) is 18.7. The maximum absolute atomic E-state index is 12.9. The van der Waals surface area contributed by atoms with Crippen molar-refractivity contribution in [2.24, 2.45) is 0 Å². The molecule has 0 saturated carbocycles. The van der Waals surface area contributed by atoms with Crippen molar-refractivity contribution in [1.29, 1.82) is 0 Å². The van der Waals surface area contributed by atoms with Gasteiger partial charge in [-0.3, -0.25) is 9.59 Å². The summed E-state index contributed by atoms with van der Waals surface area (Å²) in [7, 11) is 0. The second kappa shape index (κ2) is 8.45. The average Bonchev–Trinajstić information content (AvgIpc) is 3.25. The summed E-state index contributed by atoms with van der Waals surface area (Å²) in [6, 6.07) is 17.5. The van der Waals surface area contributed by atoms with Gasteiger partial charge in [-0.1, -0.05) is 41.9 Å². The predicted molar refractivity (Wildman–Crippen MR) is 123 cm³/mol. The van der Waals surface area contributed by atoms with Gasteiger partial charge in [-0.25, -0.2) is 0 Å². The number of halogens is 1. The van der Waals surface area contributed by atoms with Gasteiger partial charge in [-0.05, 0) is 59.5 Å². The van der Waals surface area contributed by atoms with E-state index in [-0.39, 0.29) is 11.6 Å². The highest BCUT2D eigenvalue weighted by molar-refractivity contribution is 6.31. The Morgan fingerprint density at radius 1 is 1.10 bits per heavy atom. The number of carbonyl (C=O) groups excluding carboxylic acids is 2. The zero-order valence-electron chi connectivity index (χ0n) is 17.3. The fourth-order valence-electron chi connectivity index (χ4n) is 4.68. The molecule has 1 fully saturated rings. The van der Waals surface area contributed by atoms with Crippen LogP contribution in [0, 0.1) is 0 Å². The first-order chi connectivity index (χ1) is 15.1. The number of fused-ring (bicyclic) bond motifs is 2. The Kier molecular flexibility index (Phi) is 5.51. The molecule has 0 amide bonds. The monoisotopic (exact) mass is 433 g/mol. The molecular formula is C26H24ClNO3. The zero-order chi connectivity index (χ0) is 21.4. The van der Waals surface area contributed by atoms with Crippen LogP contribution >= 0.6 is 11.6 Å². The van der Waals surface area contributed by atoms with Crippen molar-refractivity contribution in [2.75, 3.05) is 26.2 Å². The van der Waals surface area contributed by atoms with E-state index in [2.05, 4.69) is 11.0 Å². The Morgan fingerprint density at radius 2 is 1.97 bits per heavy atom. The number of nitrogens with zero attached hydrogens (tertiary/aromatic N) is 1. The molecule has 1 unspecified atom stereocenters. The summed E-state index contributed by atoms with van der Waals surface area (Å²) in [5, 5.41) is 2.71. The van der Waals surface area contributed by atoms with E-state index in [1.807, 2.05) is 48.5 Å².